The number of hydrogen-bond donors (Lipinski definition) is 0. The second kappa shape index (κ2) is 13.2. The number of benzene rings is 3. The SMILES string of the molecule is CCOC(=O)[C@@H]1Cc2c(ccc(OC)c2OCc2ccccc2)CN1C(=O)[C@H](c1ccccc1)N(C)C1CCCC1. The number of hydrogen-bond acceptors (Lipinski definition) is 6. The van der Waals surface area contributed by atoms with Gasteiger partial charge in [0.2, 0.25) is 5.91 Å². The molecule has 0 N–H and O–H groups in total. The summed E-state index contributed by atoms with van der Waals surface area (Å²) in [6, 6.07) is 22.8. The molecule has 0 saturated heterocycles. The number of methoxy groups -OCH3 is 1. The number of amides is 1. The number of carbonyl (C=O) groups is 2. The maximum atomic E-state index is 14.6. The summed E-state index contributed by atoms with van der Waals surface area (Å²) in [6.07, 6.45) is 4.76. The van der Waals surface area contributed by atoms with Gasteiger partial charge in [0, 0.05) is 24.6 Å². The van der Waals surface area contributed by atoms with Gasteiger partial charge in [-0.25, -0.2) is 4.79 Å². The molecule has 1 fully saturated rings. The van der Waals surface area contributed by atoms with Gasteiger partial charge in [0.25, 0.3) is 0 Å². The molecule has 1 amide bonds. The van der Waals surface area contributed by atoms with E-state index in [1.807, 2.05) is 79.8 Å². The lowest BCUT2D eigenvalue weighted by atomic mass is 9.91. The Hall–Kier alpha value is -3.84. The van der Waals surface area contributed by atoms with Crippen LogP contribution in [-0.2, 0) is 33.9 Å². The van der Waals surface area contributed by atoms with E-state index in [0.29, 0.717) is 24.1 Å². The smallest absolute Gasteiger partial charge is 0.329 e. The lowest BCUT2D eigenvalue weighted by Crippen LogP contribution is -2.53. The molecule has 7 nitrogen and oxygen atoms in total. The van der Waals surface area contributed by atoms with Gasteiger partial charge in [-0.05, 0) is 49.6 Å². The van der Waals surface area contributed by atoms with Crippen LogP contribution < -0.4 is 9.47 Å². The molecule has 1 heterocycles. The lowest BCUT2D eigenvalue weighted by molar-refractivity contribution is -0.158. The molecule has 1 saturated carbocycles. The summed E-state index contributed by atoms with van der Waals surface area (Å²) < 4.78 is 17.5. The van der Waals surface area contributed by atoms with Crippen LogP contribution in [0.15, 0.2) is 72.8 Å². The molecule has 1 aliphatic heterocycles. The van der Waals surface area contributed by atoms with Crippen molar-refractivity contribution in [2.75, 3.05) is 20.8 Å². The molecule has 0 unspecified atom stereocenters. The number of esters is 1. The number of nitrogens with zero attached hydrogens (tertiary/aromatic N) is 2. The number of fused-ring (bicyclic) bond motifs is 1. The zero-order valence-electron chi connectivity index (χ0n) is 24.3. The molecule has 3 aromatic carbocycles. The highest BCUT2D eigenvalue weighted by atomic mass is 16.5. The lowest BCUT2D eigenvalue weighted by Gasteiger charge is -2.41. The van der Waals surface area contributed by atoms with Crippen LogP contribution in [0.25, 0.3) is 0 Å². The van der Waals surface area contributed by atoms with Crippen LogP contribution in [-0.4, -0.2) is 54.5 Å². The zero-order valence-corrected chi connectivity index (χ0v) is 24.3. The van der Waals surface area contributed by atoms with E-state index < -0.39 is 18.1 Å². The van der Waals surface area contributed by atoms with Crippen molar-refractivity contribution in [1.29, 1.82) is 0 Å². The summed E-state index contributed by atoms with van der Waals surface area (Å²) in [5.74, 6) is 0.721. The summed E-state index contributed by atoms with van der Waals surface area (Å²) in [4.78, 5) is 31.9. The largest absolute Gasteiger partial charge is 0.493 e. The standard InChI is InChI=1S/C34H40N2O5/c1-4-40-34(38)29-21-28-26(19-20-30(39-3)32(28)41-23-24-13-7-5-8-14-24)22-36(29)33(37)31(25-15-9-6-10-16-25)35(2)27-17-11-12-18-27/h5-10,13-16,19-20,27,29,31H,4,11-12,17-18,21-23H2,1-3H3/t29-,31-/m0/s1. The maximum Gasteiger partial charge on any atom is 0.329 e. The van der Waals surface area contributed by atoms with E-state index in [4.69, 9.17) is 14.2 Å². The Morgan fingerprint density at radius 2 is 1.66 bits per heavy atom. The van der Waals surface area contributed by atoms with E-state index in [-0.39, 0.29) is 25.5 Å². The topological polar surface area (TPSA) is 68.3 Å². The first kappa shape index (κ1) is 28.7. The molecule has 41 heavy (non-hydrogen) atoms. The van der Waals surface area contributed by atoms with Crippen molar-refractivity contribution < 1.29 is 23.8 Å². The van der Waals surface area contributed by atoms with E-state index in [1.54, 1.807) is 18.9 Å². The Morgan fingerprint density at radius 1 is 0.976 bits per heavy atom. The van der Waals surface area contributed by atoms with Gasteiger partial charge in [-0.3, -0.25) is 9.69 Å². The highest BCUT2D eigenvalue weighted by Crippen LogP contribution is 2.40. The Bertz CT molecular complexity index is 1320. The number of rotatable bonds is 10. The predicted molar refractivity (Wildman–Crippen MR) is 158 cm³/mol. The first-order valence-corrected chi connectivity index (χ1v) is 14.6. The molecule has 2 aliphatic rings. The summed E-state index contributed by atoms with van der Waals surface area (Å²) in [6.45, 7) is 2.68. The third-order valence-electron chi connectivity index (χ3n) is 8.38. The summed E-state index contributed by atoms with van der Waals surface area (Å²) in [5.41, 5.74) is 3.78. The second-order valence-electron chi connectivity index (χ2n) is 10.9. The quantitative estimate of drug-likeness (QED) is 0.298. The van der Waals surface area contributed by atoms with Crippen molar-refractivity contribution in [2.45, 2.75) is 70.3 Å². The Kier molecular flexibility index (Phi) is 9.24. The summed E-state index contributed by atoms with van der Waals surface area (Å²) >= 11 is 0. The summed E-state index contributed by atoms with van der Waals surface area (Å²) in [7, 11) is 3.66. The van der Waals surface area contributed by atoms with Crippen LogP contribution in [0.3, 0.4) is 0 Å². The van der Waals surface area contributed by atoms with E-state index in [1.165, 1.54) is 12.8 Å². The van der Waals surface area contributed by atoms with Gasteiger partial charge in [0.1, 0.15) is 18.7 Å². The average molecular weight is 557 g/mol. The normalized spacial score (nSPS) is 17.7. The van der Waals surface area contributed by atoms with Crippen LogP contribution >= 0.6 is 0 Å². The van der Waals surface area contributed by atoms with Crippen molar-refractivity contribution in [2.24, 2.45) is 0 Å². The minimum Gasteiger partial charge on any atom is -0.493 e. The van der Waals surface area contributed by atoms with Crippen molar-refractivity contribution in [1.82, 2.24) is 9.80 Å². The second-order valence-corrected chi connectivity index (χ2v) is 10.9. The Labute approximate surface area is 243 Å². The van der Waals surface area contributed by atoms with Crippen LogP contribution in [0, 0.1) is 0 Å². The highest BCUT2D eigenvalue weighted by molar-refractivity contribution is 5.89. The number of likely N-dealkylation sites (N-methyl/N-ethyl adjacent to an activating group) is 1. The maximum absolute atomic E-state index is 14.6. The minimum atomic E-state index is -0.774. The minimum absolute atomic E-state index is 0.0862. The first-order valence-electron chi connectivity index (χ1n) is 14.6. The molecule has 2 atom stereocenters. The van der Waals surface area contributed by atoms with Gasteiger partial charge in [-0.1, -0.05) is 79.6 Å². The zero-order chi connectivity index (χ0) is 28.8. The number of ether oxygens (including phenoxy) is 3. The Balaban J connectivity index is 1.51. The fourth-order valence-electron chi connectivity index (χ4n) is 6.21. The number of carbonyl (C=O) groups excluding carboxylic acids is 2. The van der Waals surface area contributed by atoms with Gasteiger partial charge in [0.05, 0.1) is 13.7 Å². The van der Waals surface area contributed by atoms with Gasteiger partial charge in [-0.2, -0.15) is 0 Å². The third kappa shape index (κ3) is 6.25. The van der Waals surface area contributed by atoms with E-state index >= 15 is 0 Å². The van der Waals surface area contributed by atoms with Crippen molar-refractivity contribution in [3.63, 3.8) is 0 Å². The fourth-order valence-corrected chi connectivity index (χ4v) is 6.21. The average Bonchev–Trinajstić information content (AvgIpc) is 3.56. The third-order valence-corrected chi connectivity index (χ3v) is 8.38. The molecule has 1 aliphatic carbocycles. The first-order chi connectivity index (χ1) is 20.0. The van der Waals surface area contributed by atoms with Crippen LogP contribution in [0.1, 0.15) is 60.9 Å². The molecule has 0 aromatic heterocycles. The van der Waals surface area contributed by atoms with E-state index in [9.17, 15) is 9.59 Å². The van der Waals surface area contributed by atoms with Crippen molar-refractivity contribution in [3.8, 4) is 11.5 Å². The van der Waals surface area contributed by atoms with Gasteiger partial charge in [-0.15, -0.1) is 0 Å². The Morgan fingerprint density at radius 3 is 2.32 bits per heavy atom. The predicted octanol–water partition coefficient (Wildman–Crippen LogP) is 5.71. The van der Waals surface area contributed by atoms with E-state index in [0.717, 1.165) is 35.1 Å². The van der Waals surface area contributed by atoms with Crippen molar-refractivity contribution in [3.05, 3.63) is 95.1 Å². The van der Waals surface area contributed by atoms with Crippen LogP contribution in [0.4, 0.5) is 0 Å². The molecular weight excluding hydrogens is 516 g/mol. The van der Waals surface area contributed by atoms with Crippen LogP contribution in [0.5, 0.6) is 11.5 Å². The van der Waals surface area contributed by atoms with Crippen molar-refractivity contribution >= 4 is 11.9 Å². The molecule has 216 valence electrons. The molecule has 5 rings (SSSR count). The highest BCUT2D eigenvalue weighted by Gasteiger charge is 2.42. The van der Waals surface area contributed by atoms with Gasteiger partial charge >= 0.3 is 5.97 Å². The van der Waals surface area contributed by atoms with E-state index in [2.05, 4.69) is 4.90 Å². The van der Waals surface area contributed by atoms with Gasteiger partial charge < -0.3 is 19.1 Å². The molecule has 0 radical (unpaired) electrons. The molecular formula is C34H40N2O5. The molecule has 0 spiro atoms. The monoisotopic (exact) mass is 556 g/mol. The fraction of sp³-hybridized carbons (Fsp3) is 0.412. The summed E-state index contributed by atoms with van der Waals surface area (Å²) in [5, 5.41) is 0. The molecule has 3 aromatic rings. The van der Waals surface area contributed by atoms with Gasteiger partial charge in [0.15, 0.2) is 11.5 Å². The van der Waals surface area contributed by atoms with Crippen LogP contribution in [0.2, 0.25) is 0 Å². The molecule has 0 bridgehead atoms. The molecule has 7 heteroatoms.